The number of benzene rings is 4. The van der Waals surface area contributed by atoms with Crippen molar-refractivity contribution in [2.24, 2.45) is 0 Å². The van der Waals surface area contributed by atoms with Crippen LogP contribution in [0.5, 0.6) is 0 Å². The lowest BCUT2D eigenvalue weighted by Gasteiger charge is -2.10. The van der Waals surface area contributed by atoms with Crippen LogP contribution in [0, 0.1) is 0 Å². The molecule has 0 aromatic heterocycles. The van der Waals surface area contributed by atoms with Gasteiger partial charge in [0, 0.05) is 0 Å². The van der Waals surface area contributed by atoms with E-state index in [9.17, 15) is 19.2 Å². The third-order valence-electron chi connectivity index (χ3n) is 5.20. The van der Waals surface area contributed by atoms with Gasteiger partial charge in [-0.15, -0.1) is 0 Å². The quantitative estimate of drug-likeness (QED) is 0.423. The second-order valence-corrected chi connectivity index (χ2v) is 7.44. The Hall–Kier alpha value is -4.72. The molecule has 0 unspecified atom stereocenters. The average Bonchev–Trinajstić information content (AvgIpc) is 2.84. The Morgan fingerprint density at radius 2 is 0.971 bits per heavy atom. The summed E-state index contributed by atoms with van der Waals surface area (Å²) in [6.07, 6.45) is 0. The van der Waals surface area contributed by atoms with E-state index in [1.807, 2.05) is 0 Å². The molecule has 34 heavy (non-hydrogen) atoms. The maximum absolute atomic E-state index is 11.7. The molecule has 0 radical (unpaired) electrons. The third-order valence-corrected chi connectivity index (χ3v) is 5.20. The number of rotatable bonds is 2. The Kier molecular flexibility index (Phi) is 6.22. The normalized spacial score (nSPS) is 12.9. The predicted molar refractivity (Wildman–Crippen MR) is 122 cm³/mol. The van der Waals surface area contributed by atoms with Crippen molar-refractivity contribution < 1.29 is 38.9 Å². The van der Waals surface area contributed by atoms with E-state index in [4.69, 9.17) is 19.7 Å². The van der Waals surface area contributed by atoms with Crippen LogP contribution in [0.25, 0.3) is 21.5 Å². The number of ether oxygens (including phenoxy) is 2. The number of carboxylic acids is 2. The molecule has 0 fully saturated rings. The number of hydrogen-bond acceptors (Lipinski definition) is 6. The molecule has 4 aromatic rings. The molecule has 8 nitrogen and oxygen atoms in total. The fraction of sp³-hybridized carbons (Fsp3) is 0.0769. The summed E-state index contributed by atoms with van der Waals surface area (Å²) in [5.74, 6) is -2.86. The smallest absolute Gasteiger partial charge is 0.338 e. The molecule has 0 atom stereocenters. The van der Waals surface area contributed by atoms with Crippen LogP contribution in [0.3, 0.4) is 0 Å². The zero-order chi connectivity index (χ0) is 24.2. The van der Waals surface area contributed by atoms with Crippen LogP contribution in [0.2, 0.25) is 0 Å². The molecule has 0 aliphatic carbocycles. The van der Waals surface area contributed by atoms with Gasteiger partial charge in [0.05, 0.1) is 22.3 Å². The minimum atomic E-state index is -1.03. The van der Waals surface area contributed by atoms with Gasteiger partial charge in [-0.1, -0.05) is 24.3 Å². The lowest BCUT2D eigenvalue weighted by molar-refractivity contribution is 0.0265. The molecule has 3 heterocycles. The third kappa shape index (κ3) is 4.86. The molecule has 8 heteroatoms. The number of carbonyl (C=O) groups is 4. The minimum Gasteiger partial charge on any atom is -0.478 e. The van der Waals surface area contributed by atoms with Gasteiger partial charge in [0.2, 0.25) is 0 Å². The summed E-state index contributed by atoms with van der Waals surface area (Å²) >= 11 is 0. The number of fused-ring (bicyclic) bond motifs is 3. The molecule has 7 rings (SSSR count). The van der Waals surface area contributed by atoms with Crippen molar-refractivity contribution in [3.05, 3.63) is 95.1 Å². The van der Waals surface area contributed by atoms with Crippen molar-refractivity contribution in [2.45, 2.75) is 0 Å². The van der Waals surface area contributed by atoms with Gasteiger partial charge in [-0.25, -0.2) is 19.2 Å². The van der Waals surface area contributed by atoms with Crippen molar-refractivity contribution in [1.29, 1.82) is 0 Å². The summed E-state index contributed by atoms with van der Waals surface area (Å²) in [4.78, 5) is 44.9. The standard InChI is InChI=1S/C14H10O4.C12H8O4/c15-13-11-3-1-9-7-12(4-2-10(9)8-11)14(16)18-6-5-17-13;13-11(14)8-3-1-7-2-4-9(12(15)16)6-10(7)5-8/h1-4,7-8H,5-6H2;1-6H,(H,13,14)(H,15,16). The highest BCUT2D eigenvalue weighted by Crippen LogP contribution is 2.20. The van der Waals surface area contributed by atoms with Crippen LogP contribution in [-0.4, -0.2) is 47.3 Å². The van der Waals surface area contributed by atoms with E-state index in [1.165, 1.54) is 24.3 Å². The highest BCUT2D eigenvalue weighted by Gasteiger charge is 2.13. The monoisotopic (exact) mass is 458 g/mol. The first-order valence-electron chi connectivity index (χ1n) is 10.2. The van der Waals surface area contributed by atoms with Crippen LogP contribution in [0.15, 0.2) is 72.8 Å². The summed E-state index contributed by atoms with van der Waals surface area (Å²) in [6.45, 7) is 0.136. The maximum Gasteiger partial charge on any atom is 0.338 e. The van der Waals surface area contributed by atoms with Crippen LogP contribution in [0.1, 0.15) is 41.4 Å². The molecular formula is C26H18O8. The fourth-order valence-electron chi connectivity index (χ4n) is 3.45. The van der Waals surface area contributed by atoms with Gasteiger partial charge in [0.1, 0.15) is 13.2 Å². The molecule has 4 aromatic carbocycles. The topological polar surface area (TPSA) is 127 Å². The Balaban J connectivity index is 0.000000162. The van der Waals surface area contributed by atoms with E-state index in [-0.39, 0.29) is 24.3 Å². The van der Waals surface area contributed by atoms with E-state index in [0.717, 1.165) is 16.2 Å². The Bertz CT molecular complexity index is 1350. The summed E-state index contributed by atoms with van der Waals surface area (Å²) in [5.41, 5.74) is 1.30. The maximum atomic E-state index is 11.7. The Morgan fingerprint density at radius 3 is 1.38 bits per heavy atom. The second-order valence-electron chi connectivity index (χ2n) is 7.44. The molecule has 0 saturated carbocycles. The first kappa shape index (κ1) is 22.5. The average molecular weight is 458 g/mol. The molecule has 2 N–H and O–H groups in total. The predicted octanol–water partition coefficient (Wildman–Crippen LogP) is 4.40. The van der Waals surface area contributed by atoms with Crippen molar-refractivity contribution in [1.82, 2.24) is 0 Å². The first-order chi connectivity index (χ1) is 16.3. The Labute approximate surface area is 193 Å². The Morgan fingerprint density at radius 1 is 0.559 bits per heavy atom. The fourth-order valence-corrected chi connectivity index (χ4v) is 3.45. The number of aromatic carboxylic acids is 2. The van der Waals surface area contributed by atoms with Crippen LogP contribution < -0.4 is 0 Å². The van der Waals surface area contributed by atoms with Gasteiger partial charge in [-0.3, -0.25) is 0 Å². The van der Waals surface area contributed by atoms with Crippen molar-refractivity contribution in [3.8, 4) is 0 Å². The largest absolute Gasteiger partial charge is 0.478 e. The van der Waals surface area contributed by atoms with Crippen molar-refractivity contribution in [2.75, 3.05) is 13.2 Å². The lowest BCUT2D eigenvalue weighted by Crippen LogP contribution is -2.15. The number of hydrogen-bond donors (Lipinski definition) is 2. The molecule has 0 amide bonds. The first-order valence-corrected chi connectivity index (χ1v) is 10.2. The van der Waals surface area contributed by atoms with Crippen molar-refractivity contribution in [3.63, 3.8) is 0 Å². The molecule has 3 aliphatic heterocycles. The van der Waals surface area contributed by atoms with Gasteiger partial charge in [0.25, 0.3) is 0 Å². The van der Waals surface area contributed by atoms with Crippen LogP contribution >= 0.6 is 0 Å². The SMILES string of the molecule is O=C(O)c1ccc2ccc(C(=O)O)cc2c1.O=C1OCCOC(=O)c2ccc3cc1ccc3c2. The summed E-state index contributed by atoms with van der Waals surface area (Å²) in [6, 6.07) is 19.7. The van der Waals surface area contributed by atoms with E-state index in [0.29, 0.717) is 16.5 Å². The lowest BCUT2D eigenvalue weighted by atomic mass is 10.0. The van der Waals surface area contributed by atoms with Gasteiger partial charge in [-0.2, -0.15) is 0 Å². The van der Waals surface area contributed by atoms with E-state index >= 15 is 0 Å². The number of carboxylic acid groups (broad SMARTS) is 2. The van der Waals surface area contributed by atoms with Crippen molar-refractivity contribution >= 4 is 45.4 Å². The summed E-state index contributed by atoms with van der Waals surface area (Å²) in [7, 11) is 0. The zero-order valence-electron chi connectivity index (χ0n) is 17.7. The highest BCUT2D eigenvalue weighted by atomic mass is 16.6. The summed E-state index contributed by atoms with van der Waals surface area (Å²) in [5, 5.41) is 20.8. The van der Waals surface area contributed by atoms with Crippen LogP contribution in [0.4, 0.5) is 0 Å². The van der Waals surface area contributed by atoms with E-state index in [1.54, 1.807) is 48.5 Å². The molecule has 4 bridgehead atoms. The van der Waals surface area contributed by atoms with E-state index < -0.39 is 23.9 Å². The van der Waals surface area contributed by atoms with Gasteiger partial charge in [0.15, 0.2) is 0 Å². The molecule has 3 aliphatic rings. The molecule has 170 valence electrons. The van der Waals surface area contributed by atoms with Gasteiger partial charge < -0.3 is 19.7 Å². The molecule has 0 spiro atoms. The number of carbonyl (C=O) groups excluding carboxylic acids is 2. The number of esters is 2. The summed E-state index contributed by atoms with van der Waals surface area (Å²) < 4.78 is 9.99. The molecular weight excluding hydrogens is 440 g/mol. The van der Waals surface area contributed by atoms with E-state index in [2.05, 4.69) is 0 Å². The minimum absolute atomic E-state index is 0.0681. The molecule has 0 saturated heterocycles. The second kappa shape index (κ2) is 9.41. The zero-order valence-corrected chi connectivity index (χ0v) is 17.7. The highest BCUT2D eigenvalue weighted by molar-refractivity contribution is 5.99. The van der Waals surface area contributed by atoms with Gasteiger partial charge >= 0.3 is 23.9 Å². The van der Waals surface area contributed by atoms with Crippen LogP contribution in [-0.2, 0) is 9.47 Å². The van der Waals surface area contributed by atoms with Gasteiger partial charge in [-0.05, 0) is 70.1 Å².